The molecule has 1 N–H and O–H groups in total. The fourth-order valence-electron chi connectivity index (χ4n) is 5.66. The number of carboxylic acids is 1. The van der Waals surface area contributed by atoms with Gasteiger partial charge in [-0.2, -0.15) is 0 Å². The zero-order valence-corrected chi connectivity index (χ0v) is 19.8. The molecule has 4 atom stereocenters. The number of piperidine rings is 1. The van der Waals surface area contributed by atoms with E-state index in [1.54, 1.807) is 0 Å². The van der Waals surface area contributed by atoms with Crippen LogP contribution in [0.2, 0.25) is 5.02 Å². The van der Waals surface area contributed by atoms with Crippen molar-refractivity contribution in [1.82, 2.24) is 4.90 Å². The highest BCUT2D eigenvalue weighted by molar-refractivity contribution is 6.30. The molecule has 0 bridgehead atoms. The van der Waals surface area contributed by atoms with Crippen molar-refractivity contribution in [3.8, 4) is 11.5 Å². The lowest BCUT2D eigenvalue weighted by molar-refractivity contribution is -0.187. The molecule has 3 aliphatic rings. The molecule has 2 fully saturated rings. The molecule has 0 unspecified atom stereocenters. The number of carboxylic acid groups (broad SMARTS) is 1. The Morgan fingerprint density at radius 2 is 2.09 bits per heavy atom. The van der Waals surface area contributed by atoms with Crippen molar-refractivity contribution >= 4 is 17.6 Å². The fourth-order valence-corrected chi connectivity index (χ4v) is 5.84. The maximum Gasteiger partial charge on any atom is 0.341 e. The lowest BCUT2D eigenvalue weighted by Gasteiger charge is -2.53. The quantitative estimate of drug-likeness (QED) is 0.666. The summed E-state index contributed by atoms with van der Waals surface area (Å²) in [6.45, 7) is 6.56. The van der Waals surface area contributed by atoms with Crippen molar-refractivity contribution < 1.29 is 24.1 Å². The molecule has 2 aromatic rings. The number of hydrogen-bond acceptors (Lipinski definition) is 5. The summed E-state index contributed by atoms with van der Waals surface area (Å²) < 4.78 is 18.6. The zero-order valence-electron chi connectivity index (χ0n) is 19.0. The summed E-state index contributed by atoms with van der Waals surface area (Å²) in [4.78, 5) is 13.4. The van der Waals surface area contributed by atoms with Gasteiger partial charge in [0.2, 0.25) is 0 Å². The number of benzene rings is 2. The normalized spacial score (nSPS) is 28.1. The summed E-state index contributed by atoms with van der Waals surface area (Å²) in [6.07, 6.45) is 2.20. The average molecular weight is 472 g/mol. The van der Waals surface area contributed by atoms with Crippen LogP contribution in [0.3, 0.4) is 0 Å². The predicted molar refractivity (Wildman–Crippen MR) is 125 cm³/mol. The van der Waals surface area contributed by atoms with Gasteiger partial charge in [-0.25, -0.2) is 4.79 Å². The van der Waals surface area contributed by atoms with Gasteiger partial charge in [-0.3, -0.25) is 4.90 Å². The monoisotopic (exact) mass is 471 g/mol. The molecule has 0 radical (unpaired) electrons. The molecule has 176 valence electrons. The number of para-hydroxylation sites is 1. The van der Waals surface area contributed by atoms with Crippen LogP contribution in [0, 0.1) is 11.8 Å². The van der Waals surface area contributed by atoms with Crippen LogP contribution < -0.4 is 9.47 Å². The number of fused-ring (bicyclic) bond motifs is 4. The molecule has 3 heterocycles. The Bertz CT molecular complexity index is 1040. The van der Waals surface area contributed by atoms with Crippen LogP contribution in [-0.4, -0.2) is 47.4 Å². The van der Waals surface area contributed by atoms with Gasteiger partial charge < -0.3 is 19.3 Å². The summed E-state index contributed by atoms with van der Waals surface area (Å²) in [5.74, 6) is 1.20. The molecule has 33 heavy (non-hydrogen) atoms. The Balaban J connectivity index is 1.31. The van der Waals surface area contributed by atoms with E-state index in [9.17, 15) is 4.79 Å². The van der Waals surface area contributed by atoms with Gasteiger partial charge in [0.15, 0.2) is 6.61 Å². The third-order valence-electron chi connectivity index (χ3n) is 7.25. The van der Waals surface area contributed by atoms with Gasteiger partial charge >= 0.3 is 5.97 Å². The SMILES string of the molecule is CC1(C)Oc2ccc(Cl)cc2[C@@H]2O[C@@H]3CCN(Cc4ccccc4OCC(=O)O)C[C@H]3C[C@H]21. The van der Waals surface area contributed by atoms with Crippen LogP contribution in [0.25, 0.3) is 0 Å². The Morgan fingerprint density at radius 1 is 1.27 bits per heavy atom. The molecule has 0 aromatic heterocycles. The minimum absolute atomic E-state index is 0.000365. The lowest BCUT2D eigenvalue weighted by atomic mass is 9.70. The van der Waals surface area contributed by atoms with Gasteiger partial charge in [0.05, 0.1) is 12.2 Å². The molecule has 2 saturated heterocycles. The molecule has 0 spiro atoms. The summed E-state index contributed by atoms with van der Waals surface area (Å²) >= 11 is 6.30. The van der Waals surface area contributed by atoms with E-state index in [0.717, 1.165) is 49.4 Å². The van der Waals surface area contributed by atoms with E-state index in [1.165, 1.54) is 0 Å². The Kier molecular flexibility index (Phi) is 6.02. The van der Waals surface area contributed by atoms with Gasteiger partial charge in [0.1, 0.15) is 17.1 Å². The third kappa shape index (κ3) is 4.57. The number of ether oxygens (including phenoxy) is 3. The second kappa shape index (κ2) is 8.82. The maximum atomic E-state index is 10.9. The second-order valence-electron chi connectivity index (χ2n) is 9.90. The number of nitrogens with zero attached hydrogens (tertiary/aromatic N) is 1. The molecular formula is C26H30ClNO5. The standard InChI is InChI=1S/C26H30ClNO5/c1-26(2)20-11-17-14-28(13-16-5-3-4-6-21(16)31-15-24(29)30)10-9-22(17)32-25(20)19-12-18(27)7-8-23(19)33-26/h3-8,12,17,20,22,25H,9-11,13-15H2,1-2H3,(H,29,30)/t17-,20-,22-,25+/m1/s1. The number of carbonyl (C=O) groups is 1. The van der Waals surface area contributed by atoms with Crippen LogP contribution in [0.15, 0.2) is 42.5 Å². The molecule has 5 rings (SSSR count). The largest absolute Gasteiger partial charge is 0.487 e. The molecule has 2 aromatic carbocycles. The van der Waals surface area contributed by atoms with Gasteiger partial charge in [-0.05, 0) is 56.9 Å². The molecule has 6 nitrogen and oxygen atoms in total. The van der Waals surface area contributed by atoms with E-state index in [1.807, 2.05) is 42.5 Å². The highest BCUT2D eigenvalue weighted by atomic mass is 35.5. The molecule has 7 heteroatoms. The van der Waals surface area contributed by atoms with Crippen molar-refractivity contribution in [3.05, 3.63) is 58.6 Å². The van der Waals surface area contributed by atoms with Crippen LogP contribution in [0.1, 0.15) is 43.9 Å². The van der Waals surface area contributed by atoms with Crippen LogP contribution >= 0.6 is 11.6 Å². The first-order valence-electron chi connectivity index (χ1n) is 11.6. The Labute approximate surface area is 199 Å². The van der Waals surface area contributed by atoms with Gasteiger partial charge in [0, 0.05) is 41.7 Å². The smallest absolute Gasteiger partial charge is 0.341 e. The molecular weight excluding hydrogens is 442 g/mol. The fraction of sp³-hybridized carbons (Fsp3) is 0.500. The topological polar surface area (TPSA) is 68.2 Å². The van der Waals surface area contributed by atoms with E-state index in [0.29, 0.717) is 16.7 Å². The lowest BCUT2D eigenvalue weighted by Crippen LogP contribution is -2.55. The van der Waals surface area contributed by atoms with Gasteiger partial charge in [0.25, 0.3) is 0 Å². The summed E-state index contributed by atoms with van der Waals surface area (Å²) in [6, 6.07) is 13.5. The number of aliphatic carboxylic acids is 1. The van der Waals surface area contributed by atoms with Gasteiger partial charge in [-0.1, -0.05) is 29.8 Å². The minimum Gasteiger partial charge on any atom is -0.487 e. The Hall–Kier alpha value is -2.28. The first kappa shape index (κ1) is 22.5. The van der Waals surface area contributed by atoms with E-state index in [4.69, 9.17) is 30.9 Å². The summed E-state index contributed by atoms with van der Waals surface area (Å²) in [5, 5.41) is 9.67. The number of rotatable bonds is 5. The number of halogens is 1. The third-order valence-corrected chi connectivity index (χ3v) is 7.49. The maximum absolute atomic E-state index is 10.9. The molecule has 0 amide bonds. The van der Waals surface area contributed by atoms with Gasteiger partial charge in [-0.15, -0.1) is 0 Å². The zero-order chi connectivity index (χ0) is 23.2. The number of likely N-dealkylation sites (tertiary alicyclic amines) is 1. The highest BCUT2D eigenvalue weighted by Crippen LogP contribution is 2.53. The Morgan fingerprint density at radius 3 is 2.91 bits per heavy atom. The highest BCUT2D eigenvalue weighted by Gasteiger charge is 2.51. The van der Waals surface area contributed by atoms with Crippen molar-refractivity contribution in [3.63, 3.8) is 0 Å². The van der Waals surface area contributed by atoms with Crippen molar-refractivity contribution in [2.24, 2.45) is 11.8 Å². The minimum atomic E-state index is -0.972. The molecule has 0 aliphatic carbocycles. The molecule has 3 aliphatic heterocycles. The van der Waals surface area contributed by atoms with Crippen LogP contribution in [0.4, 0.5) is 0 Å². The van der Waals surface area contributed by atoms with E-state index >= 15 is 0 Å². The average Bonchev–Trinajstić information content (AvgIpc) is 2.78. The first-order chi connectivity index (χ1) is 15.8. The van der Waals surface area contributed by atoms with E-state index < -0.39 is 5.97 Å². The van der Waals surface area contributed by atoms with Crippen molar-refractivity contribution in [2.45, 2.75) is 51.0 Å². The van der Waals surface area contributed by atoms with Crippen LogP contribution in [-0.2, 0) is 16.1 Å². The van der Waals surface area contributed by atoms with E-state index in [2.05, 4.69) is 18.7 Å². The molecule has 0 saturated carbocycles. The predicted octanol–water partition coefficient (Wildman–Crippen LogP) is 4.94. The number of hydrogen-bond donors (Lipinski definition) is 1. The van der Waals surface area contributed by atoms with Crippen molar-refractivity contribution in [2.75, 3.05) is 19.7 Å². The summed E-state index contributed by atoms with van der Waals surface area (Å²) in [5.41, 5.74) is 1.75. The van der Waals surface area contributed by atoms with Crippen molar-refractivity contribution in [1.29, 1.82) is 0 Å². The second-order valence-corrected chi connectivity index (χ2v) is 10.3. The van der Waals surface area contributed by atoms with E-state index in [-0.39, 0.29) is 30.3 Å². The first-order valence-corrected chi connectivity index (χ1v) is 12.0. The summed E-state index contributed by atoms with van der Waals surface area (Å²) in [7, 11) is 0. The van der Waals surface area contributed by atoms with Crippen LogP contribution in [0.5, 0.6) is 11.5 Å².